The fourth-order valence-corrected chi connectivity index (χ4v) is 1.99. The van der Waals surface area contributed by atoms with Crippen LogP contribution in [-0.4, -0.2) is 63.4 Å². The van der Waals surface area contributed by atoms with E-state index in [4.69, 9.17) is 9.47 Å². The zero-order valence-electron chi connectivity index (χ0n) is 10.9. The summed E-state index contributed by atoms with van der Waals surface area (Å²) in [5.41, 5.74) is 0. The molecule has 0 aromatic heterocycles. The summed E-state index contributed by atoms with van der Waals surface area (Å²) in [5, 5.41) is 3.07. The molecule has 0 unspecified atom stereocenters. The maximum absolute atomic E-state index is 11.8. The molecular formula is C12H24N2O3. The number of rotatable bonds is 7. The average Bonchev–Trinajstić information content (AvgIpc) is 2.36. The van der Waals surface area contributed by atoms with Crippen LogP contribution in [0, 0.1) is 0 Å². The van der Waals surface area contributed by atoms with Crippen molar-refractivity contribution in [1.82, 2.24) is 10.2 Å². The molecule has 5 nitrogen and oxygen atoms in total. The third-order valence-corrected chi connectivity index (χ3v) is 2.96. The summed E-state index contributed by atoms with van der Waals surface area (Å²) in [5.74, 6) is 0.177. The van der Waals surface area contributed by atoms with Crippen molar-refractivity contribution in [3.63, 3.8) is 0 Å². The number of likely N-dealkylation sites (tertiary alicyclic amines) is 1. The van der Waals surface area contributed by atoms with E-state index >= 15 is 0 Å². The fraction of sp³-hybridized carbons (Fsp3) is 0.917. The molecule has 1 aliphatic rings. The van der Waals surface area contributed by atoms with Crippen LogP contribution >= 0.6 is 0 Å². The van der Waals surface area contributed by atoms with Crippen LogP contribution in [0.4, 0.5) is 0 Å². The van der Waals surface area contributed by atoms with E-state index in [9.17, 15) is 4.79 Å². The van der Waals surface area contributed by atoms with Gasteiger partial charge in [0.25, 0.3) is 0 Å². The molecule has 0 radical (unpaired) electrons. The number of nitrogens with zero attached hydrogens (tertiary/aromatic N) is 1. The Kier molecular flexibility index (Phi) is 7.16. The Balaban J connectivity index is 2.12. The van der Waals surface area contributed by atoms with Crippen LogP contribution in [-0.2, 0) is 14.3 Å². The molecule has 0 atom stereocenters. The summed E-state index contributed by atoms with van der Waals surface area (Å²) in [6.07, 6.45) is 2.25. The summed E-state index contributed by atoms with van der Waals surface area (Å²) in [6.45, 7) is 6.17. The van der Waals surface area contributed by atoms with Gasteiger partial charge in [0.2, 0.25) is 5.91 Å². The van der Waals surface area contributed by atoms with E-state index in [1.807, 2.05) is 11.8 Å². The minimum atomic E-state index is 0.177. The molecule has 1 amide bonds. The van der Waals surface area contributed by atoms with Crippen molar-refractivity contribution in [2.75, 3.05) is 46.5 Å². The van der Waals surface area contributed by atoms with Gasteiger partial charge in [-0.2, -0.15) is 0 Å². The predicted octanol–water partition coefficient (Wildman–Crippen LogP) is 0.250. The van der Waals surface area contributed by atoms with Crippen molar-refractivity contribution in [1.29, 1.82) is 0 Å². The zero-order chi connectivity index (χ0) is 12.5. The van der Waals surface area contributed by atoms with Gasteiger partial charge in [0.15, 0.2) is 0 Å². The third kappa shape index (κ3) is 5.48. The van der Waals surface area contributed by atoms with Crippen LogP contribution in [0.5, 0.6) is 0 Å². The first-order valence-corrected chi connectivity index (χ1v) is 6.37. The lowest BCUT2D eigenvalue weighted by atomic mass is 10.1. The molecule has 1 fully saturated rings. The molecule has 1 heterocycles. The third-order valence-electron chi connectivity index (χ3n) is 2.96. The molecule has 100 valence electrons. The fourth-order valence-electron chi connectivity index (χ4n) is 1.99. The molecule has 0 bridgehead atoms. The number of ether oxygens (including phenoxy) is 2. The van der Waals surface area contributed by atoms with Crippen molar-refractivity contribution < 1.29 is 14.3 Å². The second-order valence-corrected chi connectivity index (χ2v) is 4.21. The highest BCUT2D eigenvalue weighted by Crippen LogP contribution is 2.13. The summed E-state index contributed by atoms with van der Waals surface area (Å²) in [6, 6.07) is 0. The predicted molar refractivity (Wildman–Crippen MR) is 66.0 cm³/mol. The maximum atomic E-state index is 11.8. The highest BCUT2D eigenvalue weighted by atomic mass is 16.5. The van der Waals surface area contributed by atoms with Crippen molar-refractivity contribution in [2.45, 2.75) is 25.9 Å². The first kappa shape index (κ1) is 14.4. The van der Waals surface area contributed by atoms with Crippen molar-refractivity contribution in [3.8, 4) is 0 Å². The Morgan fingerprint density at radius 3 is 2.71 bits per heavy atom. The van der Waals surface area contributed by atoms with Gasteiger partial charge in [-0.05, 0) is 19.8 Å². The van der Waals surface area contributed by atoms with E-state index < -0.39 is 0 Å². The number of carbonyl (C=O) groups excluding carboxylic acids is 1. The molecule has 5 heteroatoms. The van der Waals surface area contributed by atoms with Gasteiger partial charge in [0.05, 0.1) is 19.3 Å². The highest BCUT2D eigenvalue weighted by molar-refractivity contribution is 5.78. The Hall–Kier alpha value is -0.650. The second-order valence-electron chi connectivity index (χ2n) is 4.21. The van der Waals surface area contributed by atoms with Gasteiger partial charge in [-0.15, -0.1) is 0 Å². The van der Waals surface area contributed by atoms with Gasteiger partial charge < -0.3 is 19.7 Å². The van der Waals surface area contributed by atoms with Crippen LogP contribution in [0.3, 0.4) is 0 Å². The lowest BCUT2D eigenvalue weighted by molar-refractivity contribution is -0.132. The summed E-state index contributed by atoms with van der Waals surface area (Å²) >= 11 is 0. The number of amides is 1. The zero-order valence-corrected chi connectivity index (χ0v) is 10.9. The quantitative estimate of drug-likeness (QED) is 0.652. The maximum Gasteiger partial charge on any atom is 0.236 e. The molecule has 1 aliphatic heterocycles. The van der Waals surface area contributed by atoms with E-state index in [0.29, 0.717) is 19.3 Å². The number of carbonyl (C=O) groups is 1. The van der Waals surface area contributed by atoms with Crippen molar-refractivity contribution >= 4 is 5.91 Å². The first-order chi connectivity index (χ1) is 8.27. The molecule has 0 aromatic carbocycles. The van der Waals surface area contributed by atoms with Crippen LogP contribution < -0.4 is 5.32 Å². The Morgan fingerprint density at radius 2 is 2.12 bits per heavy atom. The number of nitrogens with one attached hydrogen (secondary N) is 1. The number of hydrogen-bond acceptors (Lipinski definition) is 4. The molecular weight excluding hydrogens is 220 g/mol. The van der Waals surface area contributed by atoms with Gasteiger partial charge in [0, 0.05) is 33.4 Å². The van der Waals surface area contributed by atoms with Crippen molar-refractivity contribution in [3.05, 3.63) is 0 Å². The van der Waals surface area contributed by atoms with Crippen molar-refractivity contribution in [2.24, 2.45) is 0 Å². The molecule has 17 heavy (non-hydrogen) atoms. The molecule has 0 aromatic rings. The first-order valence-electron chi connectivity index (χ1n) is 6.37. The van der Waals surface area contributed by atoms with Gasteiger partial charge in [-0.1, -0.05) is 0 Å². The molecule has 0 spiro atoms. The lowest BCUT2D eigenvalue weighted by Crippen LogP contribution is -2.44. The molecule has 1 rings (SSSR count). The van der Waals surface area contributed by atoms with E-state index in [1.165, 1.54) is 0 Å². The average molecular weight is 244 g/mol. The Labute approximate surface area is 103 Å². The summed E-state index contributed by atoms with van der Waals surface area (Å²) < 4.78 is 10.5. The van der Waals surface area contributed by atoms with E-state index in [-0.39, 0.29) is 5.91 Å². The SMILES string of the molecule is CCOC1CCN(C(=O)CNCCOC)CC1. The van der Waals surface area contributed by atoms with Gasteiger partial charge >= 0.3 is 0 Å². The van der Waals surface area contributed by atoms with Gasteiger partial charge in [0.1, 0.15) is 0 Å². The van der Waals surface area contributed by atoms with E-state index in [2.05, 4.69) is 5.32 Å². The minimum absolute atomic E-state index is 0.177. The standard InChI is InChI=1S/C12H24N2O3/c1-3-17-11-4-7-14(8-5-11)12(15)10-13-6-9-16-2/h11,13H,3-10H2,1-2H3. The summed E-state index contributed by atoms with van der Waals surface area (Å²) in [7, 11) is 1.65. The Bertz CT molecular complexity index is 216. The van der Waals surface area contributed by atoms with Crippen LogP contribution in [0.25, 0.3) is 0 Å². The topological polar surface area (TPSA) is 50.8 Å². The molecule has 1 N–H and O–H groups in total. The second kappa shape index (κ2) is 8.44. The van der Waals surface area contributed by atoms with Gasteiger partial charge in [-0.25, -0.2) is 0 Å². The minimum Gasteiger partial charge on any atom is -0.383 e. The number of piperidine rings is 1. The smallest absolute Gasteiger partial charge is 0.236 e. The van der Waals surface area contributed by atoms with Gasteiger partial charge in [-0.3, -0.25) is 4.79 Å². The normalized spacial score (nSPS) is 17.4. The molecule has 0 saturated carbocycles. The van der Waals surface area contributed by atoms with E-state index in [1.54, 1.807) is 7.11 Å². The largest absolute Gasteiger partial charge is 0.383 e. The molecule has 1 saturated heterocycles. The van der Waals surface area contributed by atoms with Crippen LogP contribution in [0.15, 0.2) is 0 Å². The number of hydrogen-bond donors (Lipinski definition) is 1. The van der Waals surface area contributed by atoms with Crippen LogP contribution in [0.2, 0.25) is 0 Å². The van der Waals surface area contributed by atoms with E-state index in [0.717, 1.165) is 39.1 Å². The number of methoxy groups -OCH3 is 1. The lowest BCUT2D eigenvalue weighted by Gasteiger charge is -2.31. The summed E-state index contributed by atoms with van der Waals surface area (Å²) in [4.78, 5) is 13.7. The highest BCUT2D eigenvalue weighted by Gasteiger charge is 2.22. The van der Waals surface area contributed by atoms with Crippen LogP contribution in [0.1, 0.15) is 19.8 Å². The Morgan fingerprint density at radius 1 is 1.41 bits per heavy atom. The monoisotopic (exact) mass is 244 g/mol. The molecule has 0 aliphatic carbocycles.